The Morgan fingerprint density at radius 2 is 2.38 bits per heavy atom. The SMILES string of the molecule is COc1cncc(N2CCCCC2CN)n1. The molecular weight excluding hydrogens is 204 g/mol. The Hall–Kier alpha value is -1.36. The van der Waals surface area contributed by atoms with E-state index in [-0.39, 0.29) is 0 Å². The highest BCUT2D eigenvalue weighted by atomic mass is 16.5. The van der Waals surface area contributed by atoms with Gasteiger partial charge in [-0.3, -0.25) is 4.98 Å². The van der Waals surface area contributed by atoms with E-state index in [0.717, 1.165) is 18.8 Å². The lowest BCUT2D eigenvalue weighted by molar-refractivity contribution is 0.393. The zero-order valence-electron chi connectivity index (χ0n) is 9.59. The van der Waals surface area contributed by atoms with Crippen LogP contribution in [0.1, 0.15) is 19.3 Å². The van der Waals surface area contributed by atoms with Crippen molar-refractivity contribution in [2.24, 2.45) is 5.73 Å². The molecule has 1 aliphatic heterocycles. The second kappa shape index (κ2) is 5.12. The Balaban J connectivity index is 2.20. The van der Waals surface area contributed by atoms with Crippen LogP contribution in [0.4, 0.5) is 5.82 Å². The smallest absolute Gasteiger partial charge is 0.233 e. The number of anilines is 1. The lowest BCUT2D eigenvalue weighted by Gasteiger charge is -2.35. The quantitative estimate of drug-likeness (QED) is 0.819. The Morgan fingerprint density at radius 1 is 1.50 bits per heavy atom. The summed E-state index contributed by atoms with van der Waals surface area (Å²) < 4.78 is 5.08. The largest absolute Gasteiger partial charge is 0.480 e. The van der Waals surface area contributed by atoms with E-state index in [2.05, 4.69) is 14.9 Å². The maximum Gasteiger partial charge on any atom is 0.233 e. The summed E-state index contributed by atoms with van der Waals surface area (Å²) in [6.45, 7) is 1.67. The molecule has 0 spiro atoms. The summed E-state index contributed by atoms with van der Waals surface area (Å²) in [5.41, 5.74) is 5.78. The minimum absolute atomic E-state index is 0.384. The molecule has 5 heteroatoms. The minimum Gasteiger partial charge on any atom is -0.480 e. The fourth-order valence-corrected chi connectivity index (χ4v) is 2.12. The molecule has 1 fully saturated rings. The van der Waals surface area contributed by atoms with Gasteiger partial charge in [0.15, 0.2) is 5.82 Å². The number of ether oxygens (including phenoxy) is 1. The predicted molar refractivity (Wildman–Crippen MR) is 62.6 cm³/mol. The molecule has 2 heterocycles. The van der Waals surface area contributed by atoms with Crippen molar-refractivity contribution < 1.29 is 4.74 Å². The van der Waals surface area contributed by atoms with Gasteiger partial charge in [0.1, 0.15) is 0 Å². The molecule has 2 N–H and O–H groups in total. The summed E-state index contributed by atoms with van der Waals surface area (Å²) in [6, 6.07) is 0.384. The van der Waals surface area contributed by atoms with Gasteiger partial charge in [0.05, 0.1) is 19.5 Å². The molecule has 1 aliphatic rings. The molecule has 2 rings (SSSR count). The lowest BCUT2D eigenvalue weighted by Crippen LogP contribution is -2.44. The van der Waals surface area contributed by atoms with Crippen molar-refractivity contribution in [2.45, 2.75) is 25.3 Å². The summed E-state index contributed by atoms with van der Waals surface area (Å²) in [4.78, 5) is 10.8. The van der Waals surface area contributed by atoms with Gasteiger partial charge in [-0.15, -0.1) is 0 Å². The van der Waals surface area contributed by atoms with Crippen LogP contribution in [0.3, 0.4) is 0 Å². The van der Waals surface area contributed by atoms with Crippen LogP contribution in [0.5, 0.6) is 5.88 Å². The zero-order chi connectivity index (χ0) is 11.4. The average Bonchev–Trinajstić information content (AvgIpc) is 2.38. The standard InChI is InChI=1S/C11H18N4O/c1-16-11-8-13-7-10(14-11)15-5-3-2-4-9(15)6-12/h7-9H,2-6,12H2,1H3. The molecule has 0 radical (unpaired) electrons. The predicted octanol–water partition coefficient (Wildman–Crippen LogP) is 0.803. The van der Waals surface area contributed by atoms with Crippen molar-refractivity contribution in [3.8, 4) is 5.88 Å². The first-order chi connectivity index (χ1) is 7.85. The maximum atomic E-state index is 5.78. The Labute approximate surface area is 95.6 Å². The number of hydrogen-bond donors (Lipinski definition) is 1. The first-order valence-corrected chi connectivity index (χ1v) is 5.68. The van der Waals surface area contributed by atoms with Gasteiger partial charge in [0, 0.05) is 19.1 Å². The van der Waals surface area contributed by atoms with E-state index in [1.165, 1.54) is 12.8 Å². The van der Waals surface area contributed by atoms with Crippen LogP contribution in [0, 0.1) is 0 Å². The van der Waals surface area contributed by atoms with Gasteiger partial charge in [-0.2, -0.15) is 4.98 Å². The van der Waals surface area contributed by atoms with Gasteiger partial charge in [0.2, 0.25) is 5.88 Å². The van der Waals surface area contributed by atoms with Crippen LogP contribution in [0.15, 0.2) is 12.4 Å². The third-order valence-electron chi connectivity index (χ3n) is 3.00. The van der Waals surface area contributed by atoms with Crippen molar-refractivity contribution in [3.05, 3.63) is 12.4 Å². The van der Waals surface area contributed by atoms with E-state index in [9.17, 15) is 0 Å². The highest BCUT2D eigenvalue weighted by Crippen LogP contribution is 2.23. The highest BCUT2D eigenvalue weighted by molar-refractivity contribution is 5.39. The molecule has 0 amide bonds. The number of rotatable bonds is 3. The van der Waals surface area contributed by atoms with Crippen LogP contribution in [-0.4, -0.2) is 36.2 Å². The molecular formula is C11H18N4O. The summed E-state index contributed by atoms with van der Waals surface area (Å²) in [5.74, 6) is 1.42. The van der Waals surface area contributed by atoms with Crippen molar-refractivity contribution in [1.82, 2.24) is 9.97 Å². The monoisotopic (exact) mass is 222 g/mol. The van der Waals surface area contributed by atoms with Gasteiger partial charge in [-0.25, -0.2) is 0 Å². The van der Waals surface area contributed by atoms with Crippen LogP contribution >= 0.6 is 0 Å². The van der Waals surface area contributed by atoms with Gasteiger partial charge in [-0.05, 0) is 19.3 Å². The zero-order valence-corrected chi connectivity index (χ0v) is 9.59. The topological polar surface area (TPSA) is 64.3 Å². The Kier molecular flexibility index (Phi) is 3.56. The second-order valence-electron chi connectivity index (χ2n) is 4.00. The molecule has 5 nitrogen and oxygen atoms in total. The fourth-order valence-electron chi connectivity index (χ4n) is 2.12. The molecule has 1 atom stereocenters. The molecule has 1 unspecified atom stereocenters. The third-order valence-corrected chi connectivity index (χ3v) is 3.00. The maximum absolute atomic E-state index is 5.78. The van der Waals surface area contributed by atoms with Crippen molar-refractivity contribution in [3.63, 3.8) is 0 Å². The van der Waals surface area contributed by atoms with E-state index in [1.54, 1.807) is 19.5 Å². The summed E-state index contributed by atoms with van der Waals surface area (Å²) in [7, 11) is 1.60. The number of piperidine rings is 1. The molecule has 0 aromatic carbocycles. The summed E-state index contributed by atoms with van der Waals surface area (Å²) >= 11 is 0. The summed E-state index contributed by atoms with van der Waals surface area (Å²) in [5, 5.41) is 0. The number of methoxy groups -OCH3 is 1. The van der Waals surface area contributed by atoms with Gasteiger partial charge < -0.3 is 15.4 Å². The van der Waals surface area contributed by atoms with E-state index < -0.39 is 0 Å². The first-order valence-electron chi connectivity index (χ1n) is 5.68. The van der Waals surface area contributed by atoms with Gasteiger partial charge in [-0.1, -0.05) is 0 Å². The third kappa shape index (κ3) is 2.24. The lowest BCUT2D eigenvalue weighted by atomic mass is 10.0. The molecule has 0 saturated carbocycles. The minimum atomic E-state index is 0.384. The van der Waals surface area contributed by atoms with E-state index in [4.69, 9.17) is 10.5 Å². The Bertz CT molecular complexity index is 345. The number of hydrogen-bond acceptors (Lipinski definition) is 5. The van der Waals surface area contributed by atoms with E-state index >= 15 is 0 Å². The molecule has 1 aromatic rings. The highest BCUT2D eigenvalue weighted by Gasteiger charge is 2.22. The van der Waals surface area contributed by atoms with Crippen molar-refractivity contribution in [1.29, 1.82) is 0 Å². The summed E-state index contributed by atoms with van der Waals surface area (Å²) in [6.07, 6.45) is 6.96. The van der Waals surface area contributed by atoms with Crippen LogP contribution < -0.4 is 15.4 Å². The Morgan fingerprint density at radius 3 is 3.12 bits per heavy atom. The molecule has 1 aromatic heterocycles. The van der Waals surface area contributed by atoms with Crippen molar-refractivity contribution >= 4 is 5.82 Å². The molecule has 88 valence electrons. The van der Waals surface area contributed by atoms with Crippen LogP contribution in [0.25, 0.3) is 0 Å². The van der Waals surface area contributed by atoms with Gasteiger partial charge in [0.25, 0.3) is 0 Å². The second-order valence-corrected chi connectivity index (χ2v) is 4.00. The number of nitrogens with two attached hydrogens (primary N) is 1. The molecule has 1 saturated heterocycles. The average molecular weight is 222 g/mol. The van der Waals surface area contributed by atoms with E-state index in [0.29, 0.717) is 18.5 Å². The van der Waals surface area contributed by atoms with Gasteiger partial charge >= 0.3 is 0 Å². The van der Waals surface area contributed by atoms with E-state index in [1.807, 2.05) is 0 Å². The van der Waals surface area contributed by atoms with Crippen LogP contribution in [-0.2, 0) is 0 Å². The molecule has 0 bridgehead atoms. The number of nitrogens with zero attached hydrogens (tertiary/aromatic N) is 3. The fraction of sp³-hybridized carbons (Fsp3) is 0.636. The number of aromatic nitrogens is 2. The normalized spacial score (nSPS) is 20.9. The molecule has 16 heavy (non-hydrogen) atoms. The molecule has 0 aliphatic carbocycles. The van der Waals surface area contributed by atoms with Crippen LogP contribution in [0.2, 0.25) is 0 Å². The van der Waals surface area contributed by atoms with Crippen molar-refractivity contribution in [2.75, 3.05) is 25.1 Å². The first kappa shape index (κ1) is 11.1.